The molecule has 2 rings (SSSR count). The van der Waals surface area contributed by atoms with Crippen molar-refractivity contribution >= 4 is 11.6 Å². The second kappa shape index (κ2) is 5.82. The van der Waals surface area contributed by atoms with Crippen molar-refractivity contribution in [2.75, 3.05) is 0 Å². The van der Waals surface area contributed by atoms with Gasteiger partial charge in [-0.2, -0.15) is 0 Å². The van der Waals surface area contributed by atoms with Gasteiger partial charge in [0.2, 0.25) is 6.33 Å². The minimum absolute atomic E-state index is 0.770. The Morgan fingerprint density at radius 3 is 2.94 bits per heavy atom. The minimum atomic E-state index is 0.770. The van der Waals surface area contributed by atoms with Crippen molar-refractivity contribution in [3.8, 4) is 0 Å². The lowest BCUT2D eigenvalue weighted by Crippen LogP contribution is -2.31. The maximum Gasteiger partial charge on any atom is 0.265 e. The molecule has 90 valence electrons. The fourth-order valence-corrected chi connectivity index (χ4v) is 1.90. The molecular formula is C13H17ClN3+. The van der Waals surface area contributed by atoms with Crippen molar-refractivity contribution in [2.45, 2.75) is 32.9 Å². The summed E-state index contributed by atoms with van der Waals surface area (Å²) in [5.74, 6) is 0. The molecule has 0 unspecified atom stereocenters. The lowest BCUT2D eigenvalue weighted by atomic mass is 10.2. The summed E-state index contributed by atoms with van der Waals surface area (Å²) in [5.41, 5.74) is 1.12. The predicted octanol–water partition coefficient (Wildman–Crippen LogP) is 2.67. The molecule has 1 aromatic heterocycles. The summed E-state index contributed by atoms with van der Waals surface area (Å²) in [7, 11) is 0. The van der Waals surface area contributed by atoms with Gasteiger partial charge in [0.05, 0.1) is 6.54 Å². The number of aryl methyl sites for hydroxylation is 1. The molecule has 2 aromatic rings. The quantitative estimate of drug-likeness (QED) is 0.748. The van der Waals surface area contributed by atoms with Crippen LogP contribution in [0, 0.1) is 0 Å². The second-order valence-electron chi connectivity index (χ2n) is 4.13. The number of rotatable bonds is 5. The third-order valence-corrected chi connectivity index (χ3v) is 3.05. The number of aromatic nitrogens is 3. The summed E-state index contributed by atoms with van der Waals surface area (Å²) in [4.78, 5) is 0. The van der Waals surface area contributed by atoms with Crippen LogP contribution >= 0.6 is 11.6 Å². The van der Waals surface area contributed by atoms with Crippen molar-refractivity contribution in [1.82, 2.24) is 9.78 Å². The third kappa shape index (κ3) is 3.30. The SMILES string of the molecule is CCCCn1c[n+](Cc2ccccc2Cl)cn1. The number of nitrogens with zero attached hydrogens (tertiary/aromatic N) is 3. The van der Waals surface area contributed by atoms with E-state index in [1.165, 1.54) is 6.42 Å². The molecule has 0 radical (unpaired) electrons. The van der Waals surface area contributed by atoms with Crippen LogP contribution in [0.3, 0.4) is 0 Å². The van der Waals surface area contributed by atoms with Crippen LogP contribution in [-0.2, 0) is 13.1 Å². The summed E-state index contributed by atoms with van der Waals surface area (Å²) in [5, 5.41) is 5.12. The zero-order chi connectivity index (χ0) is 12.1. The van der Waals surface area contributed by atoms with Gasteiger partial charge in [-0.15, -0.1) is 4.68 Å². The number of benzene rings is 1. The molecule has 0 saturated carbocycles. The van der Waals surface area contributed by atoms with Crippen molar-refractivity contribution < 1.29 is 4.57 Å². The average molecular weight is 251 g/mol. The summed E-state index contributed by atoms with van der Waals surface area (Å²) in [6.07, 6.45) is 6.22. The van der Waals surface area contributed by atoms with E-state index in [-0.39, 0.29) is 0 Å². The molecule has 17 heavy (non-hydrogen) atoms. The Bertz CT molecular complexity index is 479. The second-order valence-corrected chi connectivity index (χ2v) is 4.53. The van der Waals surface area contributed by atoms with Gasteiger partial charge in [0.15, 0.2) is 0 Å². The van der Waals surface area contributed by atoms with Gasteiger partial charge in [-0.05, 0) is 12.5 Å². The highest BCUT2D eigenvalue weighted by Crippen LogP contribution is 2.13. The van der Waals surface area contributed by atoms with Gasteiger partial charge in [0.1, 0.15) is 6.54 Å². The van der Waals surface area contributed by atoms with E-state index in [1.807, 2.05) is 41.6 Å². The summed E-state index contributed by atoms with van der Waals surface area (Å²) in [6, 6.07) is 7.90. The summed E-state index contributed by atoms with van der Waals surface area (Å²) in [6.45, 7) is 3.93. The summed E-state index contributed by atoms with van der Waals surface area (Å²) >= 11 is 6.12. The molecular weight excluding hydrogens is 234 g/mol. The minimum Gasteiger partial charge on any atom is -0.233 e. The Morgan fingerprint density at radius 1 is 1.35 bits per heavy atom. The van der Waals surface area contributed by atoms with E-state index in [2.05, 4.69) is 16.6 Å². The van der Waals surface area contributed by atoms with Crippen LogP contribution in [0.15, 0.2) is 36.9 Å². The Balaban J connectivity index is 2.04. The van der Waals surface area contributed by atoms with E-state index < -0.39 is 0 Å². The van der Waals surface area contributed by atoms with Gasteiger partial charge < -0.3 is 0 Å². The molecule has 0 spiro atoms. The van der Waals surface area contributed by atoms with Crippen LogP contribution in [0.5, 0.6) is 0 Å². The molecule has 0 atom stereocenters. The molecule has 0 aliphatic rings. The highest BCUT2D eigenvalue weighted by molar-refractivity contribution is 6.31. The molecule has 0 saturated heterocycles. The largest absolute Gasteiger partial charge is 0.265 e. The highest BCUT2D eigenvalue weighted by atomic mass is 35.5. The van der Waals surface area contributed by atoms with Crippen LogP contribution in [0.4, 0.5) is 0 Å². The normalized spacial score (nSPS) is 10.7. The van der Waals surface area contributed by atoms with Crippen molar-refractivity contribution in [3.05, 3.63) is 47.5 Å². The van der Waals surface area contributed by atoms with Crippen LogP contribution in [-0.4, -0.2) is 9.78 Å². The Hall–Kier alpha value is -1.35. The topological polar surface area (TPSA) is 21.7 Å². The molecule has 0 amide bonds. The molecule has 0 bridgehead atoms. The smallest absolute Gasteiger partial charge is 0.233 e. The molecule has 1 heterocycles. The first-order chi connectivity index (χ1) is 8.29. The molecule has 4 heteroatoms. The van der Waals surface area contributed by atoms with Gasteiger partial charge >= 0.3 is 0 Å². The zero-order valence-electron chi connectivity index (χ0n) is 10.0. The van der Waals surface area contributed by atoms with Crippen molar-refractivity contribution in [3.63, 3.8) is 0 Å². The maximum atomic E-state index is 6.12. The van der Waals surface area contributed by atoms with E-state index in [9.17, 15) is 0 Å². The molecule has 1 aromatic carbocycles. The van der Waals surface area contributed by atoms with Crippen LogP contribution in [0.2, 0.25) is 5.02 Å². The van der Waals surface area contributed by atoms with E-state index in [4.69, 9.17) is 11.6 Å². The number of hydrogen-bond donors (Lipinski definition) is 0. The van der Waals surface area contributed by atoms with E-state index >= 15 is 0 Å². The first-order valence-corrected chi connectivity index (χ1v) is 6.32. The fraction of sp³-hybridized carbons (Fsp3) is 0.385. The van der Waals surface area contributed by atoms with Crippen molar-refractivity contribution in [2.24, 2.45) is 0 Å². The molecule has 0 aliphatic carbocycles. The summed E-state index contributed by atoms with van der Waals surface area (Å²) < 4.78 is 4.03. The predicted molar refractivity (Wildman–Crippen MR) is 67.9 cm³/mol. The Labute approximate surface area is 107 Å². The average Bonchev–Trinajstić information content (AvgIpc) is 2.77. The maximum absolute atomic E-state index is 6.12. The first kappa shape index (κ1) is 12.1. The lowest BCUT2D eigenvalue weighted by molar-refractivity contribution is -0.689. The van der Waals surface area contributed by atoms with Gasteiger partial charge in [0, 0.05) is 15.7 Å². The van der Waals surface area contributed by atoms with Crippen molar-refractivity contribution in [1.29, 1.82) is 0 Å². The van der Waals surface area contributed by atoms with Gasteiger partial charge in [0.25, 0.3) is 6.33 Å². The molecule has 0 fully saturated rings. The third-order valence-electron chi connectivity index (χ3n) is 2.68. The highest BCUT2D eigenvalue weighted by Gasteiger charge is 2.07. The number of halogens is 1. The first-order valence-electron chi connectivity index (χ1n) is 5.94. The standard InChI is InChI=1S/C13H17ClN3/c1-2-3-8-17-11-16(10-15-17)9-12-6-4-5-7-13(12)14/h4-7,10-11H,2-3,8-9H2,1H3/q+1. The van der Waals surface area contributed by atoms with Crippen LogP contribution in [0.25, 0.3) is 0 Å². The van der Waals surface area contributed by atoms with Gasteiger partial charge in [-0.1, -0.05) is 43.1 Å². The molecule has 0 N–H and O–H groups in total. The number of unbranched alkanes of at least 4 members (excludes halogenated alkanes) is 1. The number of hydrogen-bond acceptors (Lipinski definition) is 1. The van der Waals surface area contributed by atoms with Crippen LogP contribution in [0.1, 0.15) is 25.3 Å². The van der Waals surface area contributed by atoms with Gasteiger partial charge in [-0.25, -0.2) is 4.57 Å². The zero-order valence-corrected chi connectivity index (χ0v) is 10.8. The van der Waals surface area contributed by atoms with E-state index in [1.54, 1.807) is 0 Å². The monoisotopic (exact) mass is 250 g/mol. The van der Waals surface area contributed by atoms with Gasteiger partial charge in [-0.3, -0.25) is 0 Å². The van der Waals surface area contributed by atoms with E-state index in [0.29, 0.717) is 0 Å². The Morgan fingerprint density at radius 2 is 2.18 bits per heavy atom. The Kier molecular flexibility index (Phi) is 4.15. The van der Waals surface area contributed by atoms with Crippen LogP contribution < -0.4 is 4.57 Å². The lowest BCUT2D eigenvalue weighted by Gasteiger charge is -2.00. The molecule has 3 nitrogen and oxygen atoms in total. The molecule has 0 aliphatic heterocycles. The fourth-order valence-electron chi connectivity index (χ4n) is 1.70. The van der Waals surface area contributed by atoms with E-state index in [0.717, 1.165) is 30.1 Å².